The van der Waals surface area contributed by atoms with Gasteiger partial charge in [-0.25, -0.2) is 0 Å². The number of anilines is 1. The standard InChI is InChI=1S/C23H27N3O4S/c27-21(7-8-22(28)26-11-9-20-16(15-26)10-13-31-20)25-19-6-2-1-5-18(19)23(29)24-14-17-4-3-12-30-17/h1-2,5-6,10,13,17H,3-4,7-9,11-12,14-15H2,(H,24,29)(H,25,27). The molecule has 0 saturated carbocycles. The highest BCUT2D eigenvalue weighted by Gasteiger charge is 2.22. The number of carbonyl (C=O) groups is 3. The van der Waals surface area contributed by atoms with Gasteiger partial charge in [0.05, 0.1) is 17.4 Å². The van der Waals surface area contributed by atoms with Gasteiger partial charge >= 0.3 is 0 Å². The third-order valence-electron chi connectivity index (χ3n) is 5.69. The Hall–Kier alpha value is -2.71. The van der Waals surface area contributed by atoms with Gasteiger partial charge in [0.2, 0.25) is 11.8 Å². The van der Waals surface area contributed by atoms with Gasteiger partial charge in [-0.2, -0.15) is 0 Å². The summed E-state index contributed by atoms with van der Waals surface area (Å²) in [7, 11) is 0. The predicted octanol–water partition coefficient (Wildman–Crippen LogP) is 2.96. The second-order valence-corrected chi connectivity index (χ2v) is 8.87. The highest BCUT2D eigenvalue weighted by molar-refractivity contribution is 7.10. The molecular weight excluding hydrogens is 414 g/mol. The molecule has 0 bridgehead atoms. The molecule has 164 valence electrons. The summed E-state index contributed by atoms with van der Waals surface area (Å²) in [5, 5.41) is 7.72. The van der Waals surface area contributed by atoms with Crippen LogP contribution < -0.4 is 10.6 Å². The van der Waals surface area contributed by atoms with Crippen LogP contribution in [0.1, 0.15) is 46.5 Å². The molecule has 3 heterocycles. The lowest BCUT2D eigenvalue weighted by molar-refractivity contribution is -0.133. The monoisotopic (exact) mass is 441 g/mol. The number of hydrogen-bond donors (Lipinski definition) is 2. The molecule has 2 N–H and O–H groups in total. The molecule has 2 aromatic rings. The number of benzene rings is 1. The maximum atomic E-state index is 12.6. The van der Waals surface area contributed by atoms with Crippen LogP contribution in [-0.2, 0) is 27.3 Å². The van der Waals surface area contributed by atoms with Crippen LogP contribution in [0.5, 0.6) is 0 Å². The molecule has 2 aliphatic heterocycles. The van der Waals surface area contributed by atoms with Crippen molar-refractivity contribution in [1.82, 2.24) is 10.2 Å². The Morgan fingerprint density at radius 2 is 2.03 bits per heavy atom. The fourth-order valence-corrected chi connectivity index (χ4v) is 4.84. The number of hydrogen-bond acceptors (Lipinski definition) is 5. The lowest BCUT2D eigenvalue weighted by Crippen LogP contribution is -2.35. The zero-order valence-electron chi connectivity index (χ0n) is 17.4. The second-order valence-electron chi connectivity index (χ2n) is 7.87. The molecule has 31 heavy (non-hydrogen) atoms. The molecule has 1 unspecified atom stereocenters. The van der Waals surface area contributed by atoms with Crippen LogP contribution in [0, 0.1) is 0 Å². The van der Waals surface area contributed by atoms with Crippen LogP contribution in [0.4, 0.5) is 5.69 Å². The minimum absolute atomic E-state index is 0.0189. The number of fused-ring (bicyclic) bond motifs is 1. The maximum absolute atomic E-state index is 12.6. The van der Waals surface area contributed by atoms with Gasteiger partial charge in [0.25, 0.3) is 5.91 Å². The normalized spacial score (nSPS) is 17.8. The van der Waals surface area contributed by atoms with Crippen molar-refractivity contribution >= 4 is 34.7 Å². The van der Waals surface area contributed by atoms with Gasteiger partial charge in [-0.15, -0.1) is 11.3 Å². The van der Waals surface area contributed by atoms with Crippen molar-refractivity contribution in [1.29, 1.82) is 0 Å². The second kappa shape index (κ2) is 10.1. The van der Waals surface area contributed by atoms with Crippen molar-refractivity contribution in [2.24, 2.45) is 0 Å². The number of rotatable bonds is 7. The van der Waals surface area contributed by atoms with Crippen LogP contribution in [-0.4, -0.2) is 48.4 Å². The molecule has 1 atom stereocenters. The molecule has 1 saturated heterocycles. The summed E-state index contributed by atoms with van der Waals surface area (Å²) in [6, 6.07) is 8.97. The lowest BCUT2D eigenvalue weighted by atomic mass is 10.1. The zero-order chi connectivity index (χ0) is 21.6. The molecule has 0 spiro atoms. The van der Waals surface area contributed by atoms with Crippen molar-refractivity contribution in [3.05, 3.63) is 51.7 Å². The van der Waals surface area contributed by atoms with Gasteiger partial charge in [0.1, 0.15) is 0 Å². The number of thiophene rings is 1. The number of nitrogens with one attached hydrogen (secondary N) is 2. The number of para-hydroxylation sites is 1. The van der Waals surface area contributed by atoms with E-state index in [1.165, 1.54) is 10.4 Å². The Kier molecular flexibility index (Phi) is 6.99. The molecule has 0 radical (unpaired) electrons. The van der Waals surface area contributed by atoms with Crippen molar-refractivity contribution in [3.63, 3.8) is 0 Å². The molecular formula is C23H27N3O4S. The molecule has 0 aliphatic carbocycles. The zero-order valence-corrected chi connectivity index (χ0v) is 18.2. The van der Waals surface area contributed by atoms with Gasteiger partial charge in [0.15, 0.2) is 0 Å². The average molecular weight is 442 g/mol. The van der Waals surface area contributed by atoms with Crippen LogP contribution in [0.2, 0.25) is 0 Å². The fraction of sp³-hybridized carbons (Fsp3) is 0.435. The van der Waals surface area contributed by atoms with Gasteiger partial charge in [-0.05, 0) is 48.4 Å². The maximum Gasteiger partial charge on any atom is 0.253 e. The van der Waals surface area contributed by atoms with Crippen LogP contribution >= 0.6 is 11.3 Å². The summed E-state index contributed by atoms with van der Waals surface area (Å²) >= 11 is 1.73. The third-order valence-corrected chi connectivity index (χ3v) is 6.71. The van der Waals surface area contributed by atoms with Gasteiger partial charge < -0.3 is 20.3 Å². The summed E-state index contributed by atoms with van der Waals surface area (Å²) in [5.74, 6) is -0.544. The molecule has 8 heteroatoms. The Morgan fingerprint density at radius 3 is 2.87 bits per heavy atom. The van der Waals surface area contributed by atoms with E-state index in [-0.39, 0.29) is 36.7 Å². The van der Waals surface area contributed by atoms with Crippen LogP contribution in [0.25, 0.3) is 0 Å². The Balaban J connectivity index is 1.27. The Bertz CT molecular complexity index is 952. The van der Waals surface area contributed by atoms with Gasteiger partial charge in [-0.1, -0.05) is 12.1 Å². The minimum Gasteiger partial charge on any atom is -0.376 e. The molecule has 1 fully saturated rings. The van der Waals surface area contributed by atoms with Crippen LogP contribution in [0.3, 0.4) is 0 Å². The predicted molar refractivity (Wildman–Crippen MR) is 119 cm³/mol. The summed E-state index contributed by atoms with van der Waals surface area (Å²) in [4.78, 5) is 40.7. The van der Waals surface area contributed by atoms with E-state index in [1.807, 2.05) is 4.90 Å². The molecule has 4 rings (SSSR count). The van der Waals surface area contributed by atoms with Crippen molar-refractivity contribution in [3.8, 4) is 0 Å². The van der Waals surface area contributed by atoms with E-state index in [9.17, 15) is 14.4 Å². The number of nitrogens with zero attached hydrogens (tertiary/aromatic N) is 1. The highest BCUT2D eigenvalue weighted by Crippen LogP contribution is 2.24. The summed E-state index contributed by atoms with van der Waals surface area (Å²) < 4.78 is 5.53. The van der Waals surface area contributed by atoms with E-state index >= 15 is 0 Å². The summed E-state index contributed by atoms with van der Waals surface area (Å²) in [5.41, 5.74) is 2.06. The van der Waals surface area contributed by atoms with E-state index in [0.717, 1.165) is 25.9 Å². The van der Waals surface area contributed by atoms with Crippen molar-refractivity contribution in [2.45, 2.75) is 44.8 Å². The van der Waals surface area contributed by atoms with Gasteiger partial charge in [0, 0.05) is 44.0 Å². The SMILES string of the molecule is O=C(CCC(=O)N1CCc2sccc2C1)Nc1ccccc1C(=O)NCC1CCCO1. The number of carbonyl (C=O) groups excluding carboxylic acids is 3. The topological polar surface area (TPSA) is 87.7 Å². The first-order valence-corrected chi connectivity index (χ1v) is 11.6. The van der Waals surface area contributed by atoms with E-state index < -0.39 is 0 Å². The number of ether oxygens (including phenoxy) is 1. The minimum atomic E-state index is -0.277. The fourth-order valence-electron chi connectivity index (χ4n) is 3.95. The van der Waals surface area contributed by atoms with Gasteiger partial charge in [-0.3, -0.25) is 14.4 Å². The first kappa shape index (κ1) is 21.5. The Labute approximate surface area is 185 Å². The van der Waals surface area contributed by atoms with E-state index in [4.69, 9.17) is 4.74 Å². The smallest absolute Gasteiger partial charge is 0.253 e. The van der Waals surface area contributed by atoms with E-state index in [1.54, 1.807) is 35.6 Å². The molecule has 3 amide bonds. The first-order valence-electron chi connectivity index (χ1n) is 10.7. The van der Waals surface area contributed by atoms with Crippen LogP contribution in [0.15, 0.2) is 35.7 Å². The number of amides is 3. The quantitative estimate of drug-likeness (QED) is 0.692. The summed E-state index contributed by atoms with van der Waals surface area (Å²) in [6.07, 6.45) is 3.11. The van der Waals surface area contributed by atoms with Crippen molar-refractivity contribution in [2.75, 3.05) is 25.0 Å². The largest absolute Gasteiger partial charge is 0.376 e. The highest BCUT2D eigenvalue weighted by atomic mass is 32.1. The summed E-state index contributed by atoms with van der Waals surface area (Å²) in [6.45, 7) is 2.50. The molecule has 2 aliphatic rings. The third kappa shape index (κ3) is 5.51. The first-order chi connectivity index (χ1) is 15.1. The Morgan fingerprint density at radius 1 is 1.16 bits per heavy atom. The average Bonchev–Trinajstić information content (AvgIpc) is 3.47. The van der Waals surface area contributed by atoms with Crippen molar-refractivity contribution < 1.29 is 19.1 Å². The lowest BCUT2D eigenvalue weighted by Gasteiger charge is -2.27. The molecule has 1 aromatic heterocycles. The van der Waals surface area contributed by atoms with E-state index in [2.05, 4.69) is 22.1 Å². The molecule has 1 aromatic carbocycles. The molecule has 7 nitrogen and oxygen atoms in total. The van der Waals surface area contributed by atoms with E-state index in [0.29, 0.717) is 30.9 Å².